The highest BCUT2D eigenvalue weighted by Gasteiger charge is 2.29. The second kappa shape index (κ2) is 6.34. The van der Waals surface area contributed by atoms with Crippen LogP contribution in [0.15, 0.2) is 11.2 Å². The third kappa shape index (κ3) is 4.18. The van der Waals surface area contributed by atoms with Crippen LogP contribution in [0.2, 0.25) is 0 Å². The van der Waals surface area contributed by atoms with Gasteiger partial charge in [-0.15, -0.1) is 11.3 Å². The molecule has 1 aromatic heterocycles. The van der Waals surface area contributed by atoms with Gasteiger partial charge in [0.15, 0.2) is 5.96 Å². The van der Waals surface area contributed by atoms with E-state index in [0.717, 1.165) is 37.0 Å². The molecular formula is C13H22N4OS. The average molecular weight is 282 g/mol. The Kier molecular flexibility index (Phi) is 4.76. The summed E-state index contributed by atoms with van der Waals surface area (Å²) in [6.45, 7) is 6.55. The van der Waals surface area contributed by atoms with Crippen LogP contribution in [-0.4, -0.2) is 36.7 Å². The Balaban J connectivity index is 1.77. The van der Waals surface area contributed by atoms with Crippen molar-refractivity contribution >= 4 is 17.3 Å². The lowest BCUT2D eigenvalue weighted by molar-refractivity contribution is 0.0243. The van der Waals surface area contributed by atoms with Crippen molar-refractivity contribution in [3.8, 4) is 0 Å². The van der Waals surface area contributed by atoms with Crippen LogP contribution in [0.25, 0.3) is 0 Å². The van der Waals surface area contributed by atoms with Crippen LogP contribution in [0.1, 0.15) is 29.7 Å². The minimum Gasteiger partial charge on any atom is -0.373 e. The van der Waals surface area contributed by atoms with Gasteiger partial charge in [0.05, 0.1) is 12.1 Å². The molecule has 6 heteroatoms. The van der Waals surface area contributed by atoms with Gasteiger partial charge in [0.25, 0.3) is 0 Å². The molecule has 5 nitrogen and oxygen atoms in total. The lowest BCUT2D eigenvalue weighted by Gasteiger charge is -2.24. The Labute approximate surface area is 118 Å². The van der Waals surface area contributed by atoms with Crippen LogP contribution in [0.5, 0.6) is 0 Å². The Bertz CT molecular complexity index is 438. The van der Waals surface area contributed by atoms with Crippen molar-refractivity contribution in [1.29, 1.82) is 0 Å². The number of aliphatic imine (C=N–C) groups is 1. The first kappa shape index (κ1) is 14.3. The Morgan fingerprint density at radius 3 is 3.00 bits per heavy atom. The summed E-state index contributed by atoms with van der Waals surface area (Å²) >= 11 is 1.70. The molecule has 2 N–H and O–H groups in total. The summed E-state index contributed by atoms with van der Waals surface area (Å²) in [6.07, 6.45) is 4.14. The molecule has 1 atom stereocenters. The van der Waals surface area contributed by atoms with Gasteiger partial charge in [-0.05, 0) is 26.7 Å². The van der Waals surface area contributed by atoms with Crippen LogP contribution < -0.4 is 10.6 Å². The molecule has 1 saturated heterocycles. The van der Waals surface area contributed by atoms with Crippen LogP contribution in [0, 0.1) is 6.92 Å². The minimum atomic E-state index is -0.0601. The first-order chi connectivity index (χ1) is 9.11. The fourth-order valence-electron chi connectivity index (χ4n) is 2.11. The predicted octanol–water partition coefficient (Wildman–Crippen LogP) is 1.69. The normalized spacial score (nSPS) is 23.6. The highest BCUT2D eigenvalue weighted by molar-refractivity contribution is 7.11. The topological polar surface area (TPSA) is 58.5 Å². The third-order valence-electron chi connectivity index (χ3n) is 3.23. The minimum absolute atomic E-state index is 0.0601. The average Bonchev–Trinajstić information content (AvgIpc) is 2.99. The van der Waals surface area contributed by atoms with Gasteiger partial charge in [0, 0.05) is 31.3 Å². The van der Waals surface area contributed by atoms with Gasteiger partial charge in [0.1, 0.15) is 5.01 Å². The Hall–Kier alpha value is -1.14. The van der Waals surface area contributed by atoms with Crippen molar-refractivity contribution in [3.63, 3.8) is 0 Å². The summed E-state index contributed by atoms with van der Waals surface area (Å²) in [4.78, 5) is 9.77. The number of aryl methyl sites for hydroxylation is 1. The van der Waals surface area contributed by atoms with Gasteiger partial charge < -0.3 is 15.4 Å². The molecule has 2 rings (SSSR count). The molecule has 1 unspecified atom stereocenters. The van der Waals surface area contributed by atoms with Crippen molar-refractivity contribution in [3.05, 3.63) is 16.1 Å². The maximum absolute atomic E-state index is 5.75. The number of guanidine groups is 1. The van der Waals surface area contributed by atoms with E-state index in [1.54, 1.807) is 18.4 Å². The van der Waals surface area contributed by atoms with Gasteiger partial charge in [-0.25, -0.2) is 4.98 Å². The van der Waals surface area contributed by atoms with E-state index in [9.17, 15) is 0 Å². The standard InChI is InChI=1S/C13H22N4OS/c1-10-7-15-11(19-10)8-16-12(14-3)17-9-13(2)5-4-6-18-13/h7H,4-6,8-9H2,1-3H3,(H2,14,16,17). The fourth-order valence-corrected chi connectivity index (χ4v) is 2.84. The molecule has 2 heterocycles. The van der Waals surface area contributed by atoms with Crippen molar-refractivity contribution in [2.45, 2.75) is 38.8 Å². The monoisotopic (exact) mass is 282 g/mol. The Morgan fingerprint density at radius 2 is 2.42 bits per heavy atom. The molecule has 0 aromatic carbocycles. The van der Waals surface area contributed by atoms with E-state index in [2.05, 4.69) is 34.5 Å². The number of hydrogen-bond acceptors (Lipinski definition) is 4. The van der Waals surface area contributed by atoms with Crippen molar-refractivity contribution < 1.29 is 4.74 Å². The highest BCUT2D eigenvalue weighted by atomic mass is 32.1. The fraction of sp³-hybridized carbons (Fsp3) is 0.692. The first-order valence-electron chi connectivity index (χ1n) is 6.61. The Morgan fingerprint density at radius 1 is 1.58 bits per heavy atom. The molecule has 0 amide bonds. The van der Waals surface area contributed by atoms with Gasteiger partial charge >= 0.3 is 0 Å². The quantitative estimate of drug-likeness (QED) is 0.652. The predicted molar refractivity (Wildman–Crippen MR) is 78.6 cm³/mol. The maximum Gasteiger partial charge on any atom is 0.191 e. The van der Waals surface area contributed by atoms with Crippen LogP contribution in [-0.2, 0) is 11.3 Å². The number of hydrogen-bond donors (Lipinski definition) is 2. The van der Waals surface area contributed by atoms with Gasteiger partial charge in [-0.1, -0.05) is 0 Å². The summed E-state index contributed by atoms with van der Waals surface area (Å²) in [5.41, 5.74) is -0.0601. The molecule has 0 radical (unpaired) electrons. The summed E-state index contributed by atoms with van der Waals surface area (Å²) in [5.74, 6) is 0.796. The largest absolute Gasteiger partial charge is 0.373 e. The van der Waals surface area contributed by atoms with E-state index in [4.69, 9.17) is 4.74 Å². The summed E-state index contributed by atoms with van der Waals surface area (Å²) < 4.78 is 5.75. The van der Waals surface area contributed by atoms with E-state index < -0.39 is 0 Å². The van der Waals surface area contributed by atoms with E-state index in [1.807, 2.05) is 6.20 Å². The number of nitrogens with zero attached hydrogens (tertiary/aromatic N) is 2. The molecule has 19 heavy (non-hydrogen) atoms. The molecule has 1 aliphatic heterocycles. The molecule has 0 bridgehead atoms. The second-order valence-electron chi connectivity index (χ2n) is 5.05. The number of thiazole rings is 1. The van der Waals surface area contributed by atoms with Crippen molar-refractivity contribution in [2.75, 3.05) is 20.2 Å². The van der Waals surface area contributed by atoms with Gasteiger partial charge in [-0.3, -0.25) is 4.99 Å². The highest BCUT2D eigenvalue weighted by Crippen LogP contribution is 2.23. The summed E-state index contributed by atoms with van der Waals surface area (Å²) in [5, 5.41) is 7.66. The van der Waals surface area contributed by atoms with Crippen molar-refractivity contribution in [1.82, 2.24) is 15.6 Å². The molecule has 1 aromatic rings. The van der Waals surface area contributed by atoms with E-state index in [-0.39, 0.29) is 5.60 Å². The van der Waals surface area contributed by atoms with Gasteiger partial charge in [-0.2, -0.15) is 0 Å². The zero-order chi connectivity index (χ0) is 13.7. The van der Waals surface area contributed by atoms with E-state index >= 15 is 0 Å². The van der Waals surface area contributed by atoms with Crippen molar-refractivity contribution in [2.24, 2.45) is 4.99 Å². The second-order valence-corrected chi connectivity index (χ2v) is 6.37. The number of aromatic nitrogens is 1. The summed E-state index contributed by atoms with van der Waals surface area (Å²) in [6, 6.07) is 0. The van der Waals surface area contributed by atoms with Crippen LogP contribution in [0.4, 0.5) is 0 Å². The SMILES string of the molecule is CN=C(NCc1ncc(C)s1)NCC1(C)CCCO1. The zero-order valence-corrected chi connectivity index (χ0v) is 12.6. The van der Waals surface area contributed by atoms with Crippen LogP contribution >= 0.6 is 11.3 Å². The molecule has 0 spiro atoms. The smallest absolute Gasteiger partial charge is 0.191 e. The molecule has 106 valence electrons. The lowest BCUT2D eigenvalue weighted by atomic mass is 10.0. The number of nitrogens with one attached hydrogen (secondary N) is 2. The maximum atomic E-state index is 5.75. The first-order valence-corrected chi connectivity index (χ1v) is 7.43. The zero-order valence-electron chi connectivity index (χ0n) is 11.8. The summed E-state index contributed by atoms with van der Waals surface area (Å²) in [7, 11) is 1.78. The molecule has 1 fully saturated rings. The van der Waals surface area contributed by atoms with Gasteiger partial charge in [0.2, 0.25) is 0 Å². The molecule has 0 saturated carbocycles. The molecule has 0 aliphatic carbocycles. The molecule has 1 aliphatic rings. The van der Waals surface area contributed by atoms with Crippen LogP contribution in [0.3, 0.4) is 0 Å². The third-order valence-corrected chi connectivity index (χ3v) is 4.14. The van der Waals surface area contributed by atoms with E-state index in [1.165, 1.54) is 4.88 Å². The molecular weight excluding hydrogens is 260 g/mol. The number of ether oxygens (including phenoxy) is 1. The lowest BCUT2D eigenvalue weighted by Crippen LogP contribution is -2.45. The van der Waals surface area contributed by atoms with E-state index in [0.29, 0.717) is 6.54 Å². The number of rotatable bonds is 4.